The van der Waals surface area contributed by atoms with Crippen LogP contribution in [0.15, 0.2) is 36.4 Å². The van der Waals surface area contributed by atoms with Gasteiger partial charge in [0.25, 0.3) is 0 Å². The van der Waals surface area contributed by atoms with Gasteiger partial charge in [0.15, 0.2) is 5.11 Å². The van der Waals surface area contributed by atoms with Gasteiger partial charge in [-0.1, -0.05) is 29.8 Å². The molecule has 0 aliphatic heterocycles. The van der Waals surface area contributed by atoms with Crippen molar-refractivity contribution < 1.29 is 4.74 Å². The van der Waals surface area contributed by atoms with Crippen LogP contribution in [0.5, 0.6) is 5.75 Å². The molecule has 0 aliphatic carbocycles. The van der Waals surface area contributed by atoms with Gasteiger partial charge in [0.1, 0.15) is 5.75 Å². The van der Waals surface area contributed by atoms with Gasteiger partial charge in [0.05, 0.1) is 13.2 Å². The van der Waals surface area contributed by atoms with Gasteiger partial charge in [-0.3, -0.25) is 0 Å². The fourth-order valence-corrected chi connectivity index (χ4v) is 2.80. The molecule has 0 heterocycles. The summed E-state index contributed by atoms with van der Waals surface area (Å²) >= 11 is 5.46. The summed E-state index contributed by atoms with van der Waals surface area (Å²) in [6.07, 6.45) is 0. The summed E-state index contributed by atoms with van der Waals surface area (Å²) in [6, 6.07) is 12.4. The van der Waals surface area contributed by atoms with Crippen molar-refractivity contribution in [2.45, 2.75) is 33.7 Å². The van der Waals surface area contributed by atoms with Gasteiger partial charge >= 0.3 is 0 Å². The minimum absolute atomic E-state index is 0.0509. The van der Waals surface area contributed by atoms with E-state index in [9.17, 15) is 0 Å². The quantitative estimate of drug-likeness (QED) is 0.799. The van der Waals surface area contributed by atoms with Crippen LogP contribution in [0.25, 0.3) is 0 Å². The highest BCUT2D eigenvalue weighted by atomic mass is 32.1. The van der Waals surface area contributed by atoms with E-state index in [-0.39, 0.29) is 6.04 Å². The molecule has 2 aromatic carbocycles. The third-order valence-electron chi connectivity index (χ3n) is 4.05. The Morgan fingerprint density at radius 2 is 1.87 bits per heavy atom. The van der Waals surface area contributed by atoms with Crippen molar-refractivity contribution in [2.75, 3.05) is 12.4 Å². The van der Waals surface area contributed by atoms with E-state index in [0.717, 1.165) is 17.0 Å². The number of aryl methyl sites for hydroxylation is 2. The van der Waals surface area contributed by atoms with Gasteiger partial charge in [-0.05, 0) is 63.2 Å². The zero-order chi connectivity index (χ0) is 17.0. The smallest absolute Gasteiger partial charge is 0.171 e. The third-order valence-corrected chi connectivity index (χ3v) is 4.27. The summed E-state index contributed by atoms with van der Waals surface area (Å²) < 4.78 is 5.45. The van der Waals surface area contributed by atoms with Crippen molar-refractivity contribution in [1.29, 1.82) is 0 Å². The number of benzene rings is 2. The molecule has 2 rings (SSSR count). The highest BCUT2D eigenvalue weighted by Crippen LogP contribution is 2.26. The Labute approximate surface area is 144 Å². The van der Waals surface area contributed by atoms with Crippen molar-refractivity contribution in [3.05, 3.63) is 58.7 Å². The first-order valence-corrected chi connectivity index (χ1v) is 8.11. The molecule has 122 valence electrons. The molecular weight excluding hydrogens is 304 g/mol. The maximum atomic E-state index is 5.46. The molecular formula is C19H24N2OS. The van der Waals surface area contributed by atoms with E-state index in [1.807, 2.05) is 24.3 Å². The molecule has 0 aliphatic rings. The first kappa shape index (κ1) is 17.3. The predicted molar refractivity (Wildman–Crippen MR) is 101 cm³/mol. The molecule has 0 unspecified atom stereocenters. The van der Waals surface area contributed by atoms with Crippen molar-refractivity contribution in [3.8, 4) is 5.75 Å². The monoisotopic (exact) mass is 328 g/mol. The van der Waals surface area contributed by atoms with Crippen molar-refractivity contribution in [3.63, 3.8) is 0 Å². The largest absolute Gasteiger partial charge is 0.496 e. The lowest BCUT2D eigenvalue weighted by Gasteiger charge is -2.21. The molecule has 4 heteroatoms. The van der Waals surface area contributed by atoms with E-state index in [2.05, 4.69) is 50.5 Å². The predicted octanol–water partition coefficient (Wildman–Crippen LogP) is 4.67. The standard InChI is InChI=1S/C19H24N2OS/c1-12-9-10-18(22-5)16(11-12)15(4)20-19(23)21-17-8-6-7-13(2)14(17)3/h6-11,15H,1-5H3,(H2,20,21,23)/t15-/m1/s1. The normalized spacial score (nSPS) is 11.7. The van der Waals surface area contributed by atoms with E-state index in [4.69, 9.17) is 17.0 Å². The molecule has 2 aromatic rings. The Morgan fingerprint density at radius 3 is 2.57 bits per heavy atom. The lowest BCUT2D eigenvalue weighted by Crippen LogP contribution is -2.31. The second-order valence-corrected chi connectivity index (χ2v) is 6.22. The summed E-state index contributed by atoms with van der Waals surface area (Å²) in [6.45, 7) is 8.33. The van der Waals surface area contributed by atoms with Crippen LogP contribution >= 0.6 is 12.2 Å². The fourth-order valence-electron chi connectivity index (χ4n) is 2.51. The van der Waals surface area contributed by atoms with Crippen LogP contribution in [0, 0.1) is 20.8 Å². The number of ether oxygens (including phenoxy) is 1. The molecule has 0 aromatic heterocycles. The molecule has 0 bridgehead atoms. The van der Waals surface area contributed by atoms with Crippen LogP contribution in [0.1, 0.15) is 35.2 Å². The van der Waals surface area contributed by atoms with Crippen LogP contribution in [0.2, 0.25) is 0 Å². The maximum Gasteiger partial charge on any atom is 0.171 e. The second-order valence-electron chi connectivity index (χ2n) is 5.81. The summed E-state index contributed by atoms with van der Waals surface area (Å²) in [5.41, 5.74) is 5.77. The topological polar surface area (TPSA) is 33.3 Å². The van der Waals surface area contributed by atoms with Gasteiger partial charge in [-0.25, -0.2) is 0 Å². The average Bonchev–Trinajstić information content (AvgIpc) is 2.51. The maximum absolute atomic E-state index is 5.46. The lowest BCUT2D eigenvalue weighted by molar-refractivity contribution is 0.405. The highest BCUT2D eigenvalue weighted by Gasteiger charge is 2.13. The molecule has 1 atom stereocenters. The van der Waals surface area contributed by atoms with Gasteiger partial charge in [-0.15, -0.1) is 0 Å². The molecule has 0 saturated carbocycles. The van der Waals surface area contributed by atoms with Crippen molar-refractivity contribution in [2.24, 2.45) is 0 Å². The van der Waals surface area contributed by atoms with Crippen LogP contribution in [0.3, 0.4) is 0 Å². The van der Waals surface area contributed by atoms with E-state index >= 15 is 0 Å². The summed E-state index contributed by atoms with van der Waals surface area (Å²) in [7, 11) is 1.69. The number of anilines is 1. The SMILES string of the molecule is COc1ccc(C)cc1[C@@H](C)NC(=S)Nc1cccc(C)c1C. The Hall–Kier alpha value is -2.07. The second kappa shape index (κ2) is 7.47. The Bertz CT molecular complexity index is 713. The van der Waals surface area contributed by atoms with Gasteiger partial charge in [0, 0.05) is 11.3 Å². The molecule has 0 saturated heterocycles. The molecule has 0 amide bonds. The van der Waals surface area contributed by atoms with E-state index < -0.39 is 0 Å². The van der Waals surface area contributed by atoms with E-state index in [1.54, 1.807) is 7.11 Å². The van der Waals surface area contributed by atoms with Crippen LogP contribution in [-0.4, -0.2) is 12.2 Å². The Morgan fingerprint density at radius 1 is 1.13 bits per heavy atom. The Kier molecular flexibility index (Phi) is 5.61. The van der Waals surface area contributed by atoms with E-state index in [0.29, 0.717) is 5.11 Å². The van der Waals surface area contributed by atoms with Crippen LogP contribution in [-0.2, 0) is 0 Å². The third kappa shape index (κ3) is 4.23. The fraction of sp³-hybridized carbons (Fsp3) is 0.316. The number of hydrogen-bond acceptors (Lipinski definition) is 2. The first-order chi connectivity index (χ1) is 10.9. The van der Waals surface area contributed by atoms with E-state index in [1.165, 1.54) is 16.7 Å². The first-order valence-electron chi connectivity index (χ1n) is 7.70. The highest BCUT2D eigenvalue weighted by molar-refractivity contribution is 7.80. The molecule has 0 radical (unpaired) electrons. The zero-order valence-electron chi connectivity index (χ0n) is 14.4. The van der Waals surface area contributed by atoms with Gasteiger partial charge < -0.3 is 15.4 Å². The lowest BCUT2D eigenvalue weighted by atomic mass is 10.0. The Balaban J connectivity index is 2.11. The van der Waals surface area contributed by atoms with Crippen LogP contribution in [0.4, 0.5) is 5.69 Å². The molecule has 0 spiro atoms. The number of hydrogen-bond donors (Lipinski definition) is 2. The zero-order valence-corrected chi connectivity index (χ0v) is 15.2. The molecule has 2 N–H and O–H groups in total. The molecule has 0 fully saturated rings. The average molecular weight is 328 g/mol. The van der Waals surface area contributed by atoms with Crippen molar-refractivity contribution in [1.82, 2.24) is 5.32 Å². The van der Waals surface area contributed by atoms with Gasteiger partial charge in [-0.2, -0.15) is 0 Å². The minimum Gasteiger partial charge on any atom is -0.496 e. The summed E-state index contributed by atoms with van der Waals surface area (Å²) in [5, 5.41) is 7.22. The van der Waals surface area contributed by atoms with Gasteiger partial charge in [0.2, 0.25) is 0 Å². The minimum atomic E-state index is 0.0509. The summed E-state index contributed by atoms with van der Waals surface area (Å²) in [5.74, 6) is 0.866. The molecule has 3 nitrogen and oxygen atoms in total. The summed E-state index contributed by atoms with van der Waals surface area (Å²) in [4.78, 5) is 0. The number of rotatable bonds is 4. The van der Waals surface area contributed by atoms with Crippen molar-refractivity contribution >= 4 is 23.0 Å². The number of nitrogens with one attached hydrogen (secondary N) is 2. The number of thiocarbonyl (C=S) groups is 1. The molecule has 23 heavy (non-hydrogen) atoms. The number of methoxy groups -OCH3 is 1. The van der Waals surface area contributed by atoms with Crippen LogP contribution < -0.4 is 15.4 Å².